The summed E-state index contributed by atoms with van der Waals surface area (Å²) in [4.78, 5) is 12.3. The first-order valence-electron chi connectivity index (χ1n) is 8.36. The Balaban J connectivity index is 1.68. The Morgan fingerprint density at radius 2 is 2.04 bits per heavy atom. The molecule has 140 valence electrons. The van der Waals surface area contributed by atoms with E-state index in [1.54, 1.807) is 13.2 Å². The van der Waals surface area contributed by atoms with E-state index in [-0.39, 0.29) is 11.7 Å². The predicted molar refractivity (Wildman–Crippen MR) is 108 cm³/mol. The number of hydrogen-bond acceptors (Lipinski definition) is 5. The van der Waals surface area contributed by atoms with Gasteiger partial charge in [-0.2, -0.15) is 0 Å². The number of hydrogen-bond donors (Lipinski definition) is 1. The van der Waals surface area contributed by atoms with Crippen molar-refractivity contribution in [1.82, 2.24) is 14.8 Å². The van der Waals surface area contributed by atoms with Gasteiger partial charge in [0.15, 0.2) is 11.0 Å². The minimum Gasteiger partial charge on any atom is -0.497 e. The van der Waals surface area contributed by atoms with Gasteiger partial charge >= 0.3 is 0 Å². The van der Waals surface area contributed by atoms with Crippen LogP contribution in [0.25, 0.3) is 11.4 Å². The van der Waals surface area contributed by atoms with Crippen LogP contribution in [0.1, 0.15) is 6.92 Å². The molecule has 0 spiro atoms. The fraction of sp³-hybridized carbons (Fsp3) is 0.211. The second kappa shape index (κ2) is 8.92. The molecule has 0 saturated heterocycles. The molecule has 1 heterocycles. The second-order valence-electron chi connectivity index (χ2n) is 5.63. The summed E-state index contributed by atoms with van der Waals surface area (Å²) in [5, 5.41) is 12.7. The van der Waals surface area contributed by atoms with Gasteiger partial charge in [-0.05, 0) is 31.2 Å². The van der Waals surface area contributed by atoms with Crippen LogP contribution in [0.2, 0.25) is 5.02 Å². The largest absolute Gasteiger partial charge is 0.497 e. The van der Waals surface area contributed by atoms with Crippen LogP contribution in [0.4, 0.5) is 5.69 Å². The molecule has 1 amide bonds. The van der Waals surface area contributed by atoms with E-state index >= 15 is 0 Å². The molecule has 0 unspecified atom stereocenters. The van der Waals surface area contributed by atoms with E-state index in [1.165, 1.54) is 11.8 Å². The molecule has 0 atom stereocenters. The number of ether oxygens (including phenoxy) is 1. The van der Waals surface area contributed by atoms with E-state index in [0.717, 1.165) is 11.4 Å². The maximum absolute atomic E-state index is 12.3. The number of halogens is 1. The zero-order valence-corrected chi connectivity index (χ0v) is 16.5. The summed E-state index contributed by atoms with van der Waals surface area (Å²) >= 11 is 7.42. The summed E-state index contributed by atoms with van der Waals surface area (Å²) in [7, 11) is 1.59. The monoisotopic (exact) mass is 402 g/mol. The van der Waals surface area contributed by atoms with Gasteiger partial charge in [-0.1, -0.05) is 41.6 Å². The van der Waals surface area contributed by atoms with Gasteiger partial charge in [-0.25, -0.2) is 0 Å². The molecule has 3 rings (SSSR count). The number of benzene rings is 2. The normalized spacial score (nSPS) is 10.6. The number of nitrogens with one attached hydrogen (secondary N) is 1. The number of carbonyl (C=O) groups is 1. The van der Waals surface area contributed by atoms with E-state index < -0.39 is 0 Å². The smallest absolute Gasteiger partial charge is 0.234 e. The van der Waals surface area contributed by atoms with Gasteiger partial charge in [0, 0.05) is 28.9 Å². The fourth-order valence-electron chi connectivity index (χ4n) is 2.55. The topological polar surface area (TPSA) is 69.0 Å². The van der Waals surface area contributed by atoms with E-state index in [1.807, 2.05) is 54.0 Å². The fourth-order valence-corrected chi connectivity index (χ4v) is 3.54. The van der Waals surface area contributed by atoms with Gasteiger partial charge in [-0.3, -0.25) is 4.79 Å². The molecule has 2 aromatic carbocycles. The molecule has 0 aliphatic carbocycles. The van der Waals surface area contributed by atoms with Crippen LogP contribution in [0, 0.1) is 0 Å². The number of nitrogens with zero attached hydrogens (tertiary/aromatic N) is 3. The first kappa shape index (κ1) is 19.3. The van der Waals surface area contributed by atoms with Crippen LogP contribution in [0.15, 0.2) is 53.7 Å². The van der Waals surface area contributed by atoms with Gasteiger partial charge < -0.3 is 14.6 Å². The Kier molecular flexibility index (Phi) is 6.36. The lowest BCUT2D eigenvalue weighted by Crippen LogP contribution is -2.14. The molecular weight excluding hydrogens is 384 g/mol. The molecule has 0 aliphatic rings. The van der Waals surface area contributed by atoms with Gasteiger partial charge in [0.2, 0.25) is 5.91 Å². The Hall–Kier alpha value is -2.51. The quantitative estimate of drug-likeness (QED) is 0.594. The molecule has 0 radical (unpaired) electrons. The molecule has 1 aromatic heterocycles. The highest BCUT2D eigenvalue weighted by atomic mass is 35.5. The van der Waals surface area contributed by atoms with Crippen molar-refractivity contribution in [3.05, 3.63) is 53.6 Å². The van der Waals surface area contributed by atoms with Crippen molar-refractivity contribution in [2.75, 3.05) is 18.2 Å². The Morgan fingerprint density at radius 3 is 2.78 bits per heavy atom. The lowest BCUT2D eigenvalue weighted by Gasteiger charge is -2.08. The Labute approximate surface area is 166 Å². The first-order valence-corrected chi connectivity index (χ1v) is 9.73. The molecule has 0 fully saturated rings. The summed E-state index contributed by atoms with van der Waals surface area (Å²) in [5.74, 6) is 1.53. The van der Waals surface area contributed by atoms with Crippen LogP contribution in [-0.4, -0.2) is 33.5 Å². The number of carbonyl (C=O) groups excluding carboxylic acids is 1. The number of amides is 1. The number of methoxy groups -OCH3 is 1. The summed E-state index contributed by atoms with van der Waals surface area (Å²) in [6, 6.07) is 14.7. The summed E-state index contributed by atoms with van der Waals surface area (Å²) < 4.78 is 7.13. The third kappa shape index (κ3) is 4.81. The molecule has 0 saturated carbocycles. The van der Waals surface area contributed by atoms with Crippen LogP contribution in [0.3, 0.4) is 0 Å². The van der Waals surface area contributed by atoms with Gasteiger partial charge in [-0.15, -0.1) is 10.2 Å². The van der Waals surface area contributed by atoms with Crippen molar-refractivity contribution < 1.29 is 9.53 Å². The summed E-state index contributed by atoms with van der Waals surface area (Å²) in [5.41, 5.74) is 1.58. The second-order valence-corrected chi connectivity index (χ2v) is 7.01. The van der Waals surface area contributed by atoms with E-state index in [4.69, 9.17) is 16.3 Å². The lowest BCUT2D eigenvalue weighted by atomic mass is 10.2. The van der Waals surface area contributed by atoms with E-state index in [2.05, 4.69) is 15.5 Å². The molecule has 6 nitrogen and oxygen atoms in total. The molecule has 27 heavy (non-hydrogen) atoms. The van der Waals surface area contributed by atoms with E-state index in [9.17, 15) is 4.79 Å². The highest BCUT2D eigenvalue weighted by Gasteiger charge is 2.15. The van der Waals surface area contributed by atoms with Crippen molar-refractivity contribution in [3.63, 3.8) is 0 Å². The minimum absolute atomic E-state index is 0.122. The van der Waals surface area contributed by atoms with Gasteiger partial charge in [0.25, 0.3) is 0 Å². The lowest BCUT2D eigenvalue weighted by molar-refractivity contribution is -0.113. The van der Waals surface area contributed by atoms with Crippen LogP contribution >= 0.6 is 23.4 Å². The Bertz CT molecular complexity index is 945. The third-order valence-corrected chi connectivity index (χ3v) is 5.00. The first-order chi connectivity index (χ1) is 13.1. The maximum atomic E-state index is 12.3. The van der Waals surface area contributed by atoms with Crippen LogP contribution < -0.4 is 10.1 Å². The number of rotatable bonds is 7. The molecule has 8 heteroatoms. The molecule has 0 aliphatic heterocycles. The van der Waals surface area contributed by atoms with Crippen molar-refractivity contribution in [2.24, 2.45) is 0 Å². The standard InChI is InChI=1S/C19H19ClN4O2S/c1-3-24-18(13-6-4-7-14(20)10-13)22-23-19(24)27-12-17(25)21-15-8-5-9-16(11-15)26-2/h4-11H,3,12H2,1-2H3,(H,21,25). The van der Waals surface area contributed by atoms with Crippen molar-refractivity contribution in [2.45, 2.75) is 18.6 Å². The van der Waals surface area contributed by atoms with Crippen LogP contribution in [-0.2, 0) is 11.3 Å². The highest BCUT2D eigenvalue weighted by molar-refractivity contribution is 7.99. The zero-order chi connectivity index (χ0) is 19.2. The zero-order valence-electron chi connectivity index (χ0n) is 15.0. The average molecular weight is 403 g/mol. The summed E-state index contributed by atoms with van der Waals surface area (Å²) in [6.07, 6.45) is 0. The van der Waals surface area contributed by atoms with Crippen molar-refractivity contribution in [3.8, 4) is 17.1 Å². The minimum atomic E-state index is -0.122. The maximum Gasteiger partial charge on any atom is 0.234 e. The van der Waals surface area contributed by atoms with Crippen molar-refractivity contribution >= 4 is 35.0 Å². The van der Waals surface area contributed by atoms with Gasteiger partial charge in [0.1, 0.15) is 5.75 Å². The molecular formula is C19H19ClN4O2S. The molecule has 0 bridgehead atoms. The van der Waals surface area contributed by atoms with E-state index in [0.29, 0.717) is 28.2 Å². The average Bonchev–Trinajstić information content (AvgIpc) is 3.09. The Morgan fingerprint density at radius 1 is 1.22 bits per heavy atom. The predicted octanol–water partition coefficient (Wildman–Crippen LogP) is 4.36. The number of aromatic nitrogens is 3. The van der Waals surface area contributed by atoms with Crippen LogP contribution in [0.5, 0.6) is 5.75 Å². The third-order valence-electron chi connectivity index (χ3n) is 3.80. The molecule has 3 aromatic rings. The SMILES string of the molecule is CCn1c(SCC(=O)Nc2cccc(OC)c2)nnc1-c1cccc(Cl)c1. The summed E-state index contributed by atoms with van der Waals surface area (Å²) in [6.45, 7) is 2.70. The molecule has 1 N–H and O–H groups in total. The highest BCUT2D eigenvalue weighted by Crippen LogP contribution is 2.26. The number of thioether (sulfide) groups is 1. The number of anilines is 1. The van der Waals surface area contributed by atoms with Gasteiger partial charge in [0.05, 0.1) is 12.9 Å². The van der Waals surface area contributed by atoms with Crippen molar-refractivity contribution in [1.29, 1.82) is 0 Å².